The fourth-order valence-corrected chi connectivity index (χ4v) is 3.25. The quantitative estimate of drug-likeness (QED) is 0.133. The Morgan fingerprint density at radius 3 is 1.29 bits per heavy atom. The van der Waals surface area contributed by atoms with E-state index in [1.54, 1.807) is 0 Å². The maximum absolute atomic E-state index is 11.1. The van der Waals surface area contributed by atoms with Crippen LogP contribution in [-0.2, 0) is 9.53 Å². The van der Waals surface area contributed by atoms with Crippen LogP contribution in [0.25, 0.3) is 0 Å². The average Bonchev–Trinajstić information content (AvgIpc) is 2.58. The van der Waals surface area contributed by atoms with Crippen LogP contribution in [-0.4, -0.2) is 12.0 Å². The number of esters is 1. The molecule has 0 aliphatic heterocycles. The molecular weight excluding hydrogens is 320 g/mol. The summed E-state index contributed by atoms with van der Waals surface area (Å²) in [5.74, 6) is -0.161. The fraction of sp³-hybridized carbons (Fsp3) is 0.952. The lowest BCUT2D eigenvalue weighted by atomic mass is 10.0. The summed E-state index contributed by atoms with van der Waals surface area (Å²) in [5, 5.41) is 0. The summed E-state index contributed by atoms with van der Waals surface area (Å²) in [4.78, 5) is 11.1. The minimum absolute atomic E-state index is 0.0161. The molecule has 0 saturated carbocycles. The fourth-order valence-electron chi connectivity index (χ4n) is 3.13. The predicted octanol–water partition coefficient (Wildman–Crippen LogP) is 7.77. The van der Waals surface area contributed by atoms with E-state index in [-0.39, 0.29) is 12.0 Å². The first-order valence-electron chi connectivity index (χ1n) is 10.5. The van der Waals surface area contributed by atoms with Crippen molar-refractivity contribution in [1.82, 2.24) is 0 Å². The minimum atomic E-state index is -0.161. The van der Waals surface area contributed by atoms with Gasteiger partial charge in [0.2, 0.25) is 0 Å². The number of carbonyl (C=O) groups excluding carboxylic acids is 1. The number of halogens is 1. The Bertz CT molecular complexity index is 256. The van der Waals surface area contributed by atoms with Gasteiger partial charge >= 0.3 is 5.97 Å². The van der Waals surface area contributed by atoms with Crippen molar-refractivity contribution in [1.29, 1.82) is 0 Å². The minimum Gasteiger partial charge on any atom is -0.449 e. The van der Waals surface area contributed by atoms with Gasteiger partial charge in [-0.3, -0.25) is 4.79 Å². The molecule has 2 nitrogen and oxygen atoms in total. The van der Waals surface area contributed by atoms with E-state index in [9.17, 15) is 4.79 Å². The van der Waals surface area contributed by atoms with Crippen LogP contribution < -0.4 is 0 Å². The van der Waals surface area contributed by atoms with Crippen LogP contribution in [0.15, 0.2) is 0 Å². The van der Waals surface area contributed by atoms with Crippen molar-refractivity contribution in [3.05, 3.63) is 0 Å². The van der Waals surface area contributed by atoms with Crippen LogP contribution in [0.2, 0.25) is 0 Å². The largest absolute Gasteiger partial charge is 0.449 e. The Labute approximate surface area is 156 Å². The standard InChI is InChI=1S/C21H41ClO2/c1-2-3-4-5-6-7-8-9-10-11-12-13-14-15-16-17-18-19-21(23)24-20-22/h2-20H2,1H3. The number of carbonyl (C=O) groups is 1. The highest BCUT2D eigenvalue weighted by atomic mass is 35.5. The highest BCUT2D eigenvalue weighted by molar-refractivity contribution is 6.17. The van der Waals surface area contributed by atoms with E-state index >= 15 is 0 Å². The Balaban J connectivity index is 3.01. The molecule has 24 heavy (non-hydrogen) atoms. The first kappa shape index (κ1) is 23.8. The van der Waals surface area contributed by atoms with E-state index < -0.39 is 0 Å². The lowest BCUT2D eigenvalue weighted by molar-refractivity contribution is -0.141. The van der Waals surface area contributed by atoms with Gasteiger partial charge in [0.25, 0.3) is 0 Å². The Morgan fingerprint density at radius 1 is 0.625 bits per heavy atom. The lowest BCUT2D eigenvalue weighted by Crippen LogP contribution is -2.01. The maximum atomic E-state index is 11.1. The van der Waals surface area contributed by atoms with Crippen molar-refractivity contribution >= 4 is 17.6 Å². The monoisotopic (exact) mass is 360 g/mol. The topological polar surface area (TPSA) is 26.3 Å². The third-order valence-corrected chi connectivity index (χ3v) is 4.81. The zero-order chi connectivity index (χ0) is 17.7. The van der Waals surface area contributed by atoms with E-state index in [0.717, 1.165) is 12.8 Å². The second-order valence-electron chi connectivity index (χ2n) is 7.03. The first-order valence-corrected chi connectivity index (χ1v) is 11.1. The summed E-state index contributed by atoms with van der Waals surface area (Å²) in [7, 11) is 0. The number of ether oxygens (including phenoxy) is 1. The Morgan fingerprint density at radius 2 is 0.958 bits per heavy atom. The van der Waals surface area contributed by atoms with Gasteiger partial charge in [0.15, 0.2) is 6.07 Å². The molecule has 0 aromatic rings. The molecule has 0 aromatic heterocycles. The summed E-state index contributed by atoms with van der Waals surface area (Å²) < 4.78 is 4.70. The molecule has 0 unspecified atom stereocenters. The van der Waals surface area contributed by atoms with Crippen molar-refractivity contribution in [3.63, 3.8) is 0 Å². The summed E-state index contributed by atoms with van der Waals surface area (Å²) in [5.41, 5.74) is 0. The SMILES string of the molecule is CCCCCCCCCCCCCCCCCCCC(=O)OCCl. The van der Waals surface area contributed by atoms with E-state index in [0.29, 0.717) is 6.42 Å². The molecule has 0 N–H and O–H groups in total. The van der Waals surface area contributed by atoms with E-state index in [2.05, 4.69) is 6.92 Å². The molecule has 0 heterocycles. The van der Waals surface area contributed by atoms with Gasteiger partial charge in [-0.05, 0) is 6.42 Å². The van der Waals surface area contributed by atoms with Crippen molar-refractivity contribution in [2.24, 2.45) is 0 Å². The number of rotatable bonds is 19. The van der Waals surface area contributed by atoms with Crippen molar-refractivity contribution < 1.29 is 9.53 Å². The summed E-state index contributed by atoms with van der Waals surface area (Å²) in [6.07, 6.45) is 23.5. The second kappa shape index (κ2) is 20.8. The first-order chi connectivity index (χ1) is 11.8. The zero-order valence-electron chi connectivity index (χ0n) is 16.1. The Hall–Kier alpha value is -0.240. The third kappa shape index (κ3) is 19.8. The van der Waals surface area contributed by atoms with E-state index in [1.807, 2.05) is 0 Å². The van der Waals surface area contributed by atoms with Gasteiger partial charge < -0.3 is 4.74 Å². The van der Waals surface area contributed by atoms with E-state index in [1.165, 1.54) is 96.3 Å². The molecule has 0 saturated heterocycles. The third-order valence-electron chi connectivity index (χ3n) is 4.70. The van der Waals surface area contributed by atoms with Crippen LogP contribution in [0.4, 0.5) is 0 Å². The molecule has 0 rings (SSSR count). The average molecular weight is 361 g/mol. The number of hydrogen-bond acceptors (Lipinski definition) is 2. The van der Waals surface area contributed by atoms with Crippen LogP contribution >= 0.6 is 11.6 Å². The highest BCUT2D eigenvalue weighted by Crippen LogP contribution is 2.14. The van der Waals surface area contributed by atoms with Crippen molar-refractivity contribution in [2.75, 3.05) is 6.07 Å². The molecule has 0 aliphatic rings. The normalized spacial score (nSPS) is 10.9. The second-order valence-corrected chi connectivity index (χ2v) is 7.25. The summed E-state index contributed by atoms with van der Waals surface area (Å²) >= 11 is 5.33. The van der Waals surface area contributed by atoms with Crippen LogP contribution in [0.5, 0.6) is 0 Å². The van der Waals surface area contributed by atoms with Crippen LogP contribution in [0.1, 0.15) is 122 Å². The molecule has 3 heteroatoms. The van der Waals surface area contributed by atoms with Crippen molar-refractivity contribution in [3.8, 4) is 0 Å². The molecule has 0 aromatic carbocycles. The molecule has 144 valence electrons. The smallest absolute Gasteiger partial charge is 0.306 e. The van der Waals surface area contributed by atoms with Gasteiger partial charge in [-0.2, -0.15) is 0 Å². The van der Waals surface area contributed by atoms with Gasteiger partial charge in [0.05, 0.1) is 0 Å². The molecular formula is C21H41ClO2. The van der Waals surface area contributed by atoms with Crippen LogP contribution in [0.3, 0.4) is 0 Å². The maximum Gasteiger partial charge on any atom is 0.306 e. The molecule has 0 bridgehead atoms. The molecule has 0 fully saturated rings. The summed E-state index contributed by atoms with van der Waals surface area (Å²) in [6, 6.07) is -0.0161. The zero-order valence-corrected chi connectivity index (χ0v) is 16.9. The van der Waals surface area contributed by atoms with Gasteiger partial charge in [0, 0.05) is 6.42 Å². The molecule has 0 atom stereocenters. The van der Waals surface area contributed by atoms with Crippen LogP contribution in [0, 0.1) is 0 Å². The van der Waals surface area contributed by atoms with Gasteiger partial charge in [0.1, 0.15) is 0 Å². The Kier molecular flexibility index (Phi) is 20.6. The predicted molar refractivity (Wildman–Crippen MR) is 106 cm³/mol. The lowest BCUT2D eigenvalue weighted by Gasteiger charge is -2.04. The number of alkyl halides is 1. The number of unbranched alkanes of at least 4 members (excludes halogenated alkanes) is 16. The highest BCUT2D eigenvalue weighted by Gasteiger charge is 2.01. The molecule has 0 spiro atoms. The van der Waals surface area contributed by atoms with Gasteiger partial charge in [-0.25, -0.2) is 0 Å². The molecule has 0 aliphatic carbocycles. The molecule has 0 radical (unpaired) electrons. The molecule has 0 amide bonds. The summed E-state index contributed by atoms with van der Waals surface area (Å²) in [6.45, 7) is 2.28. The number of hydrogen-bond donors (Lipinski definition) is 0. The van der Waals surface area contributed by atoms with Gasteiger partial charge in [-0.1, -0.05) is 121 Å². The van der Waals surface area contributed by atoms with E-state index in [4.69, 9.17) is 16.3 Å². The van der Waals surface area contributed by atoms with Gasteiger partial charge in [-0.15, -0.1) is 0 Å². The van der Waals surface area contributed by atoms with Crippen molar-refractivity contribution in [2.45, 2.75) is 122 Å².